The number of nitrogens with two attached hydrogens (primary N) is 1. The molecule has 0 aromatic carbocycles. The summed E-state index contributed by atoms with van der Waals surface area (Å²) in [7, 11) is 0. The van der Waals surface area contributed by atoms with E-state index < -0.39 is 5.91 Å². The zero-order valence-electron chi connectivity index (χ0n) is 13.2. The maximum Gasteiger partial charge on any atom is 0.225 e. The molecule has 0 spiro atoms. The second-order valence-corrected chi connectivity index (χ2v) is 6.33. The minimum atomic E-state index is -0.440. The summed E-state index contributed by atoms with van der Waals surface area (Å²) in [5, 5.41) is 8.77. The van der Waals surface area contributed by atoms with Crippen molar-refractivity contribution in [2.45, 2.75) is 52.6 Å². The number of hydrogen-bond acceptors (Lipinski definition) is 4. The Morgan fingerprint density at radius 2 is 2.05 bits per heavy atom. The Labute approximate surface area is 124 Å². The number of carbonyl (C=O) groups is 1. The number of nitrogens with zero attached hydrogens (tertiary/aromatic N) is 5. The van der Waals surface area contributed by atoms with E-state index in [0.717, 1.165) is 5.69 Å². The fourth-order valence-electron chi connectivity index (χ4n) is 2.12. The van der Waals surface area contributed by atoms with Gasteiger partial charge in [-0.2, -0.15) is 10.2 Å². The lowest BCUT2D eigenvalue weighted by atomic mass is 10.1. The van der Waals surface area contributed by atoms with Crippen LogP contribution in [0.5, 0.6) is 0 Å². The molecule has 1 amide bonds. The monoisotopic (exact) mass is 290 g/mol. The molecule has 0 aliphatic carbocycles. The smallest absolute Gasteiger partial charge is 0.225 e. The molecule has 0 aliphatic rings. The average molecular weight is 290 g/mol. The van der Waals surface area contributed by atoms with Crippen LogP contribution in [-0.4, -0.2) is 30.5 Å². The highest BCUT2D eigenvalue weighted by atomic mass is 16.1. The molecule has 2 N–H and O–H groups in total. The minimum Gasteiger partial charge on any atom is -0.369 e. The molecule has 0 saturated heterocycles. The molecule has 0 bridgehead atoms. The van der Waals surface area contributed by atoms with Gasteiger partial charge in [0.25, 0.3) is 0 Å². The summed E-state index contributed by atoms with van der Waals surface area (Å²) < 4.78 is 3.71. The van der Waals surface area contributed by atoms with Crippen molar-refractivity contribution in [3.63, 3.8) is 0 Å². The lowest BCUT2D eigenvalue weighted by Gasteiger charge is -2.21. The summed E-state index contributed by atoms with van der Waals surface area (Å²) in [5.41, 5.74) is 5.86. The van der Waals surface area contributed by atoms with Crippen LogP contribution < -0.4 is 5.73 Å². The van der Waals surface area contributed by atoms with Crippen molar-refractivity contribution < 1.29 is 4.79 Å². The number of rotatable bonds is 4. The quantitative estimate of drug-likeness (QED) is 0.923. The number of hydrogen-bond donors (Lipinski definition) is 1. The lowest BCUT2D eigenvalue weighted by molar-refractivity contribution is -0.117. The van der Waals surface area contributed by atoms with Gasteiger partial charge < -0.3 is 5.73 Å². The van der Waals surface area contributed by atoms with Crippen molar-refractivity contribution in [3.8, 4) is 11.5 Å². The third-order valence-corrected chi connectivity index (χ3v) is 3.01. The molecule has 7 heteroatoms. The molecule has 21 heavy (non-hydrogen) atoms. The van der Waals surface area contributed by atoms with Crippen LogP contribution in [0.25, 0.3) is 11.5 Å². The molecule has 0 unspecified atom stereocenters. The lowest BCUT2D eigenvalue weighted by Crippen LogP contribution is -2.25. The van der Waals surface area contributed by atoms with Gasteiger partial charge in [0.15, 0.2) is 11.6 Å². The van der Waals surface area contributed by atoms with E-state index in [1.165, 1.54) is 0 Å². The van der Waals surface area contributed by atoms with Crippen LogP contribution >= 0.6 is 0 Å². The second kappa shape index (κ2) is 5.31. The maximum absolute atomic E-state index is 11.1. The van der Waals surface area contributed by atoms with E-state index in [9.17, 15) is 4.79 Å². The average Bonchev–Trinajstić information content (AvgIpc) is 2.91. The van der Waals surface area contributed by atoms with Crippen molar-refractivity contribution in [2.24, 2.45) is 5.73 Å². The van der Waals surface area contributed by atoms with Gasteiger partial charge in [0.2, 0.25) is 5.91 Å². The predicted molar refractivity (Wildman–Crippen MR) is 79.5 cm³/mol. The number of aromatic nitrogens is 5. The van der Waals surface area contributed by atoms with Crippen molar-refractivity contribution in [3.05, 3.63) is 18.1 Å². The maximum atomic E-state index is 11.1. The van der Waals surface area contributed by atoms with Crippen LogP contribution in [-0.2, 0) is 16.8 Å². The molecule has 2 rings (SSSR count). The molecule has 7 nitrogen and oxygen atoms in total. The topological polar surface area (TPSA) is 91.6 Å². The van der Waals surface area contributed by atoms with E-state index in [1.54, 1.807) is 6.20 Å². The molecule has 0 radical (unpaired) electrons. The van der Waals surface area contributed by atoms with E-state index >= 15 is 0 Å². The fourth-order valence-corrected chi connectivity index (χ4v) is 2.12. The Kier molecular flexibility index (Phi) is 3.85. The summed E-state index contributed by atoms with van der Waals surface area (Å²) in [4.78, 5) is 15.6. The van der Waals surface area contributed by atoms with Crippen LogP contribution in [0, 0.1) is 0 Å². The highest BCUT2D eigenvalue weighted by molar-refractivity contribution is 5.75. The fraction of sp³-hybridized carbons (Fsp3) is 0.571. The standard InChI is InChI=1S/C14H22N6O/c1-9(2)19-10(6-7-16-19)13-17-12(8-11(15)21)18-20(13)14(3,4)5/h6-7,9H,8H2,1-5H3,(H2,15,21). The van der Waals surface area contributed by atoms with E-state index in [0.29, 0.717) is 11.6 Å². The molecular weight excluding hydrogens is 268 g/mol. The largest absolute Gasteiger partial charge is 0.369 e. The molecule has 2 heterocycles. The first-order valence-corrected chi connectivity index (χ1v) is 6.98. The van der Waals surface area contributed by atoms with Crippen LogP contribution in [0.4, 0.5) is 0 Å². The first-order chi connectivity index (χ1) is 9.70. The van der Waals surface area contributed by atoms with Crippen LogP contribution in [0.3, 0.4) is 0 Å². The SMILES string of the molecule is CC(C)n1nccc1-c1nc(CC(N)=O)nn1C(C)(C)C. The Morgan fingerprint density at radius 3 is 2.57 bits per heavy atom. The van der Waals surface area contributed by atoms with Gasteiger partial charge in [0, 0.05) is 12.2 Å². The summed E-state index contributed by atoms with van der Waals surface area (Å²) in [5.74, 6) is 0.693. The molecule has 0 fully saturated rings. The van der Waals surface area contributed by atoms with Crippen LogP contribution in [0.15, 0.2) is 12.3 Å². The van der Waals surface area contributed by atoms with E-state index in [1.807, 2.05) is 36.2 Å². The summed E-state index contributed by atoms with van der Waals surface area (Å²) in [6.07, 6.45) is 1.77. The van der Waals surface area contributed by atoms with Gasteiger partial charge in [0.05, 0.1) is 12.0 Å². The van der Waals surface area contributed by atoms with Gasteiger partial charge in [-0.1, -0.05) is 0 Å². The van der Waals surface area contributed by atoms with Crippen molar-refractivity contribution in [2.75, 3.05) is 0 Å². The first kappa shape index (κ1) is 15.2. The van der Waals surface area contributed by atoms with Crippen LogP contribution in [0.2, 0.25) is 0 Å². The molecule has 2 aromatic rings. The zero-order valence-corrected chi connectivity index (χ0v) is 13.2. The highest BCUT2D eigenvalue weighted by Gasteiger charge is 2.25. The van der Waals surface area contributed by atoms with Gasteiger partial charge in [0.1, 0.15) is 5.69 Å². The van der Waals surface area contributed by atoms with Gasteiger partial charge in [-0.05, 0) is 40.7 Å². The van der Waals surface area contributed by atoms with Gasteiger partial charge in [-0.15, -0.1) is 0 Å². The van der Waals surface area contributed by atoms with Gasteiger partial charge >= 0.3 is 0 Å². The minimum absolute atomic E-state index is 0.0336. The molecule has 0 atom stereocenters. The number of primary amides is 1. The van der Waals surface area contributed by atoms with E-state index in [2.05, 4.69) is 29.0 Å². The summed E-state index contributed by atoms with van der Waals surface area (Å²) >= 11 is 0. The van der Waals surface area contributed by atoms with Gasteiger partial charge in [-0.3, -0.25) is 9.48 Å². The Hall–Kier alpha value is -2.18. The first-order valence-electron chi connectivity index (χ1n) is 6.98. The van der Waals surface area contributed by atoms with Crippen molar-refractivity contribution >= 4 is 5.91 Å². The van der Waals surface area contributed by atoms with Crippen LogP contribution in [0.1, 0.15) is 46.5 Å². The van der Waals surface area contributed by atoms with Crippen molar-refractivity contribution in [1.82, 2.24) is 24.5 Å². The third kappa shape index (κ3) is 3.12. The summed E-state index contributed by atoms with van der Waals surface area (Å²) in [6, 6.07) is 2.11. The Bertz CT molecular complexity index is 647. The Balaban J connectivity index is 2.58. The number of amides is 1. The van der Waals surface area contributed by atoms with Gasteiger partial charge in [-0.25, -0.2) is 9.67 Å². The highest BCUT2D eigenvalue weighted by Crippen LogP contribution is 2.25. The molecule has 0 aliphatic heterocycles. The van der Waals surface area contributed by atoms with E-state index in [-0.39, 0.29) is 18.0 Å². The third-order valence-electron chi connectivity index (χ3n) is 3.01. The molecule has 114 valence electrons. The molecule has 0 saturated carbocycles. The molecule has 2 aromatic heterocycles. The van der Waals surface area contributed by atoms with E-state index in [4.69, 9.17) is 5.73 Å². The number of carbonyl (C=O) groups excluding carboxylic acids is 1. The molecular formula is C14H22N6O. The zero-order chi connectivity index (χ0) is 15.8. The predicted octanol–water partition coefficient (Wildman–Crippen LogP) is 1.51. The normalized spacial score (nSPS) is 12.1. The summed E-state index contributed by atoms with van der Waals surface area (Å²) in [6.45, 7) is 10.2. The second-order valence-electron chi connectivity index (χ2n) is 6.33. The van der Waals surface area contributed by atoms with Crippen molar-refractivity contribution in [1.29, 1.82) is 0 Å². The Morgan fingerprint density at radius 1 is 1.38 bits per heavy atom.